The third-order valence-electron chi connectivity index (χ3n) is 5.16. The van der Waals surface area contributed by atoms with E-state index in [4.69, 9.17) is 4.74 Å². The van der Waals surface area contributed by atoms with Crippen molar-refractivity contribution in [1.29, 1.82) is 0 Å². The van der Waals surface area contributed by atoms with E-state index >= 15 is 0 Å². The summed E-state index contributed by atoms with van der Waals surface area (Å²) in [6.07, 6.45) is 5.58. The number of hydrogen-bond donors (Lipinski definition) is 0. The molecule has 0 aromatic carbocycles. The van der Waals surface area contributed by atoms with Crippen LogP contribution in [0.25, 0.3) is 4.96 Å². The van der Waals surface area contributed by atoms with E-state index in [2.05, 4.69) is 10.1 Å². The number of fused-ring (bicyclic) bond motifs is 2. The van der Waals surface area contributed by atoms with Crippen LogP contribution in [0, 0.1) is 11.8 Å². The van der Waals surface area contributed by atoms with E-state index < -0.39 is 5.97 Å². The van der Waals surface area contributed by atoms with Gasteiger partial charge in [-0.05, 0) is 19.3 Å². The number of ether oxygens (including phenoxy) is 1. The largest absolute Gasteiger partial charge is 0.459 e. The molecule has 1 aliphatic heterocycles. The number of carbonyl (C=O) groups is 3. The van der Waals surface area contributed by atoms with Gasteiger partial charge in [-0.3, -0.25) is 24.1 Å². The lowest BCUT2D eigenvalue weighted by molar-refractivity contribution is -0.146. The maximum Gasteiger partial charge on any atom is 0.307 e. The molecule has 0 spiro atoms. The van der Waals surface area contributed by atoms with Crippen LogP contribution < -0.4 is 5.56 Å². The highest BCUT2D eigenvalue weighted by Crippen LogP contribution is 2.35. The number of imide groups is 1. The van der Waals surface area contributed by atoms with Crippen LogP contribution in [0.5, 0.6) is 0 Å². The van der Waals surface area contributed by atoms with Gasteiger partial charge in [0.1, 0.15) is 11.6 Å². The van der Waals surface area contributed by atoms with E-state index in [9.17, 15) is 19.2 Å². The van der Waals surface area contributed by atoms with E-state index in [-0.39, 0.29) is 48.8 Å². The third-order valence-corrected chi connectivity index (χ3v) is 6.21. The lowest BCUT2D eigenvalue weighted by Gasteiger charge is -2.14. The number of amides is 2. The van der Waals surface area contributed by atoms with Crippen LogP contribution in [0.4, 0.5) is 0 Å². The van der Waals surface area contributed by atoms with Gasteiger partial charge in [-0.2, -0.15) is 9.61 Å². The van der Waals surface area contributed by atoms with Crippen LogP contribution in [-0.4, -0.2) is 43.8 Å². The van der Waals surface area contributed by atoms with Crippen molar-refractivity contribution in [1.82, 2.24) is 19.5 Å². The normalized spacial score (nSPS) is 21.1. The smallest absolute Gasteiger partial charge is 0.307 e. The Labute approximate surface area is 170 Å². The molecule has 2 aromatic heterocycles. The fourth-order valence-corrected chi connectivity index (χ4v) is 4.49. The van der Waals surface area contributed by atoms with Crippen molar-refractivity contribution in [2.75, 3.05) is 6.54 Å². The van der Waals surface area contributed by atoms with Gasteiger partial charge < -0.3 is 4.74 Å². The summed E-state index contributed by atoms with van der Waals surface area (Å²) >= 11 is 1.31. The van der Waals surface area contributed by atoms with Crippen molar-refractivity contribution in [2.45, 2.75) is 39.2 Å². The van der Waals surface area contributed by atoms with Gasteiger partial charge in [0.2, 0.25) is 16.8 Å². The predicted molar refractivity (Wildman–Crippen MR) is 103 cm³/mol. The van der Waals surface area contributed by atoms with Crippen molar-refractivity contribution in [3.63, 3.8) is 0 Å². The molecule has 9 nitrogen and oxygen atoms in total. The van der Waals surface area contributed by atoms with Crippen LogP contribution in [0.2, 0.25) is 0 Å². The molecule has 10 heteroatoms. The number of rotatable bonds is 6. The molecule has 0 unspecified atom stereocenters. The minimum absolute atomic E-state index is 0.00727. The number of carbonyl (C=O) groups excluding carboxylic acids is 3. The molecule has 29 heavy (non-hydrogen) atoms. The second-order valence-corrected chi connectivity index (χ2v) is 8.06. The molecule has 1 fully saturated rings. The Morgan fingerprint density at radius 1 is 1.21 bits per heavy atom. The standard InChI is InChI=1S/C19H20N4O5S/c1-2-14-21-23-15(24)9-11(20-19(23)29-14)10-28-16(25)7-8-22-17(26)12-5-3-4-6-13(12)18(22)27/h3-4,9,12-13H,2,5-8,10H2,1H3/t12-,13-/m0/s1. The number of allylic oxidation sites excluding steroid dienone is 2. The molecule has 1 saturated heterocycles. The zero-order valence-electron chi connectivity index (χ0n) is 15.9. The van der Waals surface area contributed by atoms with Crippen LogP contribution in [0.3, 0.4) is 0 Å². The molecular formula is C19H20N4O5S. The highest BCUT2D eigenvalue weighted by molar-refractivity contribution is 7.16. The average Bonchev–Trinajstić information content (AvgIpc) is 3.25. The van der Waals surface area contributed by atoms with Crippen molar-refractivity contribution in [3.8, 4) is 0 Å². The Kier molecular flexibility index (Phi) is 5.27. The molecule has 0 N–H and O–H groups in total. The highest BCUT2D eigenvalue weighted by Gasteiger charge is 2.46. The fraction of sp³-hybridized carbons (Fsp3) is 0.474. The Morgan fingerprint density at radius 2 is 1.90 bits per heavy atom. The van der Waals surface area contributed by atoms with Crippen molar-refractivity contribution < 1.29 is 19.1 Å². The summed E-state index contributed by atoms with van der Waals surface area (Å²) in [6, 6.07) is 1.28. The molecule has 1 aliphatic carbocycles. The number of aryl methyl sites for hydroxylation is 1. The molecule has 152 valence electrons. The number of esters is 1. The summed E-state index contributed by atoms with van der Waals surface area (Å²) in [5, 5.41) is 4.96. The zero-order valence-corrected chi connectivity index (χ0v) is 16.7. The van der Waals surface area contributed by atoms with Gasteiger partial charge in [0, 0.05) is 12.6 Å². The molecule has 2 aliphatic rings. The number of aromatic nitrogens is 3. The summed E-state index contributed by atoms with van der Waals surface area (Å²) < 4.78 is 6.42. The lowest BCUT2D eigenvalue weighted by Crippen LogP contribution is -2.33. The summed E-state index contributed by atoms with van der Waals surface area (Å²) in [4.78, 5) is 54.9. The maximum absolute atomic E-state index is 12.4. The zero-order chi connectivity index (χ0) is 20.5. The average molecular weight is 416 g/mol. The summed E-state index contributed by atoms with van der Waals surface area (Å²) in [6.45, 7) is 1.79. The Morgan fingerprint density at radius 3 is 2.55 bits per heavy atom. The topological polar surface area (TPSA) is 111 Å². The second-order valence-electron chi connectivity index (χ2n) is 7.02. The molecule has 4 rings (SSSR count). The van der Waals surface area contributed by atoms with E-state index in [1.807, 2.05) is 19.1 Å². The third kappa shape index (κ3) is 3.71. The minimum atomic E-state index is -0.556. The molecule has 0 saturated carbocycles. The molecule has 3 heterocycles. The van der Waals surface area contributed by atoms with Crippen molar-refractivity contribution >= 4 is 34.1 Å². The Balaban J connectivity index is 1.34. The van der Waals surface area contributed by atoms with Gasteiger partial charge in [0.15, 0.2) is 0 Å². The monoisotopic (exact) mass is 416 g/mol. The Hall–Kier alpha value is -2.88. The Bertz CT molecular complexity index is 1050. The van der Waals surface area contributed by atoms with Gasteiger partial charge in [-0.25, -0.2) is 4.98 Å². The van der Waals surface area contributed by atoms with Crippen molar-refractivity contribution in [2.24, 2.45) is 11.8 Å². The molecule has 2 amide bonds. The first-order chi connectivity index (χ1) is 14.0. The lowest BCUT2D eigenvalue weighted by atomic mass is 9.85. The second kappa shape index (κ2) is 7.86. The van der Waals surface area contributed by atoms with Gasteiger partial charge in [-0.15, -0.1) is 0 Å². The predicted octanol–water partition coefficient (Wildman–Crippen LogP) is 1.10. The van der Waals surface area contributed by atoms with Crippen LogP contribution in [0.15, 0.2) is 23.0 Å². The highest BCUT2D eigenvalue weighted by atomic mass is 32.1. The maximum atomic E-state index is 12.4. The van der Waals surface area contributed by atoms with E-state index in [0.717, 1.165) is 5.01 Å². The van der Waals surface area contributed by atoms with Gasteiger partial charge in [0.25, 0.3) is 5.56 Å². The molecule has 2 atom stereocenters. The van der Waals surface area contributed by atoms with E-state index in [1.54, 1.807) is 0 Å². The van der Waals surface area contributed by atoms with Gasteiger partial charge in [0.05, 0.1) is 24.0 Å². The summed E-state index contributed by atoms with van der Waals surface area (Å²) in [7, 11) is 0. The SMILES string of the molecule is CCc1nn2c(=O)cc(COC(=O)CCN3C(=O)[C@H]4CC=CC[C@@H]4C3=O)nc2s1. The molecule has 0 bridgehead atoms. The first kappa shape index (κ1) is 19.4. The van der Waals surface area contributed by atoms with Crippen molar-refractivity contribution in [3.05, 3.63) is 39.3 Å². The van der Waals surface area contributed by atoms with Crippen LogP contribution in [0.1, 0.15) is 36.9 Å². The molecule has 2 aromatic rings. The van der Waals surface area contributed by atoms with Crippen LogP contribution in [-0.2, 0) is 32.1 Å². The first-order valence-corrected chi connectivity index (χ1v) is 10.3. The minimum Gasteiger partial charge on any atom is -0.459 e. The molecule has 0 radical (unpaired) electrons. The van der Waals surface area contributed by atoms with Gasteiger partial charge in [-0.1, -0.05) is 30.4 Å². The van der Waals surface area contributed by atoms with Gasteiger partial charge >= 0.3 is 5.97 Å². The van der Waals surface area contributed by atoms with Crippen LogP contribution >= 0.6 is 11.3 Å². The van der Waals surface area contributed by atoms with E-state index in [1.165, 1.54) is 26.8 Å². The quantitative estimate of drug-likeness (QED) is 0.394. The summed E-state index contributed by atoms with van der Waals surface area (Å²) in [5.74, 6) is -1.60. The number of nitrogens with zero attached hydrogens (tertiary/aromatic N) is 4. The number of hydrogen-bond acceptors (Lipinski definition) is 8. The number of likely N-dealkylation sites (tertiary alicyclic amines) is 1. The fourth-order valence-electron chi connectivity index (χ4n) is 3.63. The summed E-state index contributed by atoms with van der Waals surface area (Å²) in [5.41, 5.74) is 0.00143. The van der Waals surface area contributed by atoms with E-state index in [0.29, 0.717) is 29.9 Å². The molecular weight excluding hydrogens is 396 g/mol. The first-order valence-electron chi connectivity index (χ1n) is 9.52.